The zero-order valence-electron chi connectivity index (χ0n) is 14.6. The summed E-state index contributed by atoms with van der Waals surface area (Å²) < 4.78 is 10.1. The molecule has 7 nitrogen and oxygen atoms in total. The fourth-order valence-corrected chi connectivity index (χ4v) is 2.18. The maximum absolute atomic E-state index is 10.1. The van der Waals surface area contributed by atoms with Crippen LogP contribution < -0.4 is 10.5 Å². The van der Waals surface area contributed by atoms with Gasteiger partial charge in [0.05, 0.1) is 0 Å². The third-order valence-electron chi connectivity index (χ3n) is 3.45. The Balaban J connectivity index is 3.53. The number of hydrogen-bond donors (Lipinski definition) is 4. The van der Waals surface area contributed by atoms with E-state index >= 15 is 0 Å². The predicted octanol–water partition coefficient (Wildman–Crippen LogP) is -0.673. The molecule has 0 aliphatic heterocycles. The van der Waals surface area contributed by atoms with Crippen LogP contribution in [0.15, 0.2) is 4.99 Å². The molecule has 0 radical (unpaired) electrons. The first-order valence-electron chi connectivity index (χ1n) is 8.55. The van der Waals surface area contributed by atoms with Crippen LogP contribution in [0.3, 0.4) is 0 Å². The fraction of sp³-hybridized carbons (Fsp3) is 0.923. The zero-order chi connectivity index (χ0) is 17.3. The Kier molecular flexibility index (Phi) is 15.9. The molecule has 0 atom stereocenters. The molecule has 0 saturated carbocycles. The molecule has 4 N–H and O–H groups in total. The van der Waals surface area contributed by atoms with Crippen molar-refractivity contribution in [3.63, 3.8) is 0 Å². The Morgan fingerprint density at radius 2 is 1.78 bits per heavy atom. The van der Waals surface area contributed by atoms with Crippen LogP contribution in [0.5, 0.6) is 0 Å². The molecule has 0 aromatic rings. The number of nitrogens with one attached hydrogen (secondary N) is 2. The topological polar surface area (TPSA) is 97.2 Å². The van der Waals surface area contributed by atoms with E-state index in [1.54, 1.807) is 13.6 Å². The van der Waals surface area contributed by atoms with E-state index in [1.165, 1.54) is 6.11 Å². The van der Waals surface area contributed by atoms with Crippen LogP contribution in [0, 0.1) is 0 Å². The van der Waals surface area contributed by atoms with Gasteiger partial charge in [-0.1, -0.05) is 0 Å². The monoisotopic (exact) mass is 324 g/mol. The average molecular weight is 324 g/mol. The molecule has 0 bridgehead atoms. The van der Waals surface area contributed by atoms with E-state index in [0.717, 1.165) is 58.4 Å². The van der Waals surface area contributed by atoms with Gasteiger partial charge in [0.1, 0.15) is 0 Å². The molecule has 130 valence electrons. The van der Waals surface area contributed by atoms with Crippen LogP contribution in [-0.2, 0) is 4.70 Å². The molecule has 0 aromatic heterocycles. The van der Waals surface area contributed by atoms with E-state index in [0.29, 0.717) is 13.7 Å². The number of nitrogens with zero attached hydrogens (tertiary/aromatic N) is 2. The Hall–Kier alpha value is -0.535. The van der Waals surface area contributed by atoms with Crippen molar-refractivity contribution in [2.24, 2.45) is 4.99 Å². The average Bonchev–Trinajstić information content (AvgIpc) is 2.50. The zero-order valence-corrected chi connectivity index (χ0v) is 14.6. The number of hydrogen-bond acceptors (Lipinski definition) is 7. The minimum atomic E-state index is -0.454. The fourth-order valence-electron chi connectivity index (χ4n) is 2.18. The van der Waals surface area contributed by atoms with Gasteiger partial charge in [-0.2, -0.15) is 0 Å². The standard InChI is InChI=1S/C13H31B3N4O3/c1-15(22)19-10-5-8-17-7-3-4-11-20(16(2)23)12-6-9-18-13-14-21/h13,17,19,22-23H,3-12H2,1-2H3. The molecule has 0 unspecified atom stereocenters. The van der Waals surface area contributed by atoms with Crippen molar-refractivity contribution in [1.29, 1.82) is 0 Å². The second kappa shape index (κ2) is 16.3. The van der Waals surface area contributed by atoms with Crippen molar-refractivity contribution in [3.8, 4) is 0 Å². The molecule has 0 saturated heterocycles. The quantitative estimate of drug-likeness (QED) is 0.171. The van der Waals surface area contributed by atoms with Crippen LogP contribution in [-0.4, -0.2) is 81.5 Å². The summed E-state index contributed by atoms with van der Waals surface area (Å²) in [5, 5.41) is 25.1. The summed E-state index contributed by atoms with van der Waals surface area (Å²) in [6, 6.07) is 0. The van der Waals surface area contributed by atoms with Gasteiger partial charge in [-0.05, 0) is 19.8 Å². The minimum absolute atomic E-state index is 0.439. The van der Waals surface area contributed by atoms with Gasteiger partial charge in [0.2, 0.25) is 0 Å². The summed E-state index contributed by atoms with van der Waals surface area (Å²) in [5.41, 5.74) is 0. The van der Waals surface area contributed by atoms with Gasteiger partial charge in [-0.3, -0.25) is 0 Å². The number of rotatable bonds is 16. The van der Waals surface area contributed by atoms with Crippen LogP contribution in [0.2, 0.25) is 13.6 Å². The third-order valence-corrected chi connectivity index (χ3v) is 3.45. The molecule has 0 aliphatic carbocycles. The molecule has 0 rings (SSSR count). The summed E-state index contributed by atoms with van der Waals surface area (Å²) in [7, 11) is -0.213. The Labute approximate surface area is 141 Å². The Morgan fingerprint density at radius 1 is 1.09 bits per heavy atom. The van der Waals surface area contributed by atoms with Gasteiger partial charge in [0.15, 0.2) is 0 Å². The van der Waals surface area contributed by atoms with E-state index in [1.807, 2.05) is 4.81 Å². The first kappa shape index (κ1) is 22.5. The summed E-state index contributed by atoms with van der Waals surface area (Å²) >= 11 is 0. The first-order chi connectivity index (χ1) is 11.1. The molecule has 0 aromatic carbocycles. The van der Waals surface area contributed by atoms with Crippen molar-refractivity contribution in [2.75, 3.05) is 39.3 Å². The van der Waals surface area contributed by atoms with Gasteiger partial charge in [-0.25, -0.2) is 0 Å². The second-order valence-electron chi connectivity index (χ2n) is 5.65. The van der Waals surface area contributed by atoms with Crippen molar-refractivity contribution in [3.05, 3.63) is 0 Å². The number of aliphatic imine (C=N–C) groups is 1. The van der Waals surface area contributed by atoms with E-state index < -0.39 is 14.1 Å². The van der Waals surface area contributed by atoms with Gasteiger partial charge < -0.3 is 10.3 Å². The molecule has 23 heavy (non-hydrogen) atoms. The van der Waals surface area contributed by atoms with E-state index in [9.17, 15) is 9.73 Å². The SMILES string of the molecule is CB(O)NCCCNCCCCN(CCCN=CB=O)B(C)O. The van der Waals surface area contributed by atoms with Crippen LogP contribution in [0.1, 0.15) is 25.7 Å². The van der Waals surface area contributed by atoms with Crippen molar-refractivity contribution in [1.82, 2.24) is 15.4 Å². The Bertz CT molecular complexity index is 310. The van der Waals surface area contributed by atoms with E-state index in [4.69, 9.17) is 5.02 Å². The van der Waals surface area contributed by atoms with Gasteiger partial charge in [-0.15, -0.1) is 0 Å². The second-order valence-corrected chi connectivity index (χ2v) is 5.65. The summed E-state index contributed by atoms with van der Waals surface area (Å²) in [4.78, 5) is 5.98. The first-order valence-corrected chi connectivity index (χ1v) is 8.55. The van der Waals surface area contributed by atoms with E-state index in [-0.39, 0.29) is 0 Å². The molecule has 0 amide bonds. The van der Waals surface area contributed by atoms with Gasteiger partial charge in [0, 0.05) is 0 Å². The third kappa shape index (κ3) is 16.1. The summed E-state index contributed by atoms with van der Waals surface area (Å²) in [6.07, 6.45) is 5.20. The molecule has 0 spiro atoms. The summed E-state index contributed by atoms with van der Waals surface area (Å²) in [6.45, 7) is 8.47. The van der Waals surface area contributed by atoms with Crippen molar-refractivity contribution in [2.45, 2.75) is 39.3 Å². The summed E-state index contributed by atoms with van der Waals surface area (Å²) in [5.74, 6) is 0. The molecule has 0 aliphatic rings. The molecular weight excluding hydrogens is 293 g/mol. The normalized spacial score (nSPS) is 11.2. The molecule has 0 heterocycles. The van der Waals surface area contributed by atoms with Gasteiger partial charge in [0.25, 0.3) is 0 Å². The van der Waals surface area contributed by atoms with Gasteiger partial charge >= 0.3 is 111 Å². The Morgan fingerprint density at radius 3 is 2.43 bits per heavy atom. The molecule has 0 fully saturated rings. The molecular formula is C13H31B3N4O3. The van der Waals surface area contributed by atoms with Crippen molar-refractivity contribution >= 4 is 27.4 Å². The molecule has 10 heteroatoms. The van der Waals surface area contributed by atoms with Crippen molar-refractivity contribution < 1.29 is 14.8 Å². The van der Waals surface area contributed by atoms with E-state index in [2.05, 4.69) is 15.5 Å². The maximum atomic E-state index is 10.1. The number of unbranched alkanes of at least 4 members (excludes halogenated alkanes) is 1. The van der Waals surface area contributed by atoms with Crippen LogP contribution in [0.4, 0.5) is 0 Å². The van der Waals surface area contributed by atoms with Crippen LogP contribution in [0.25, 0.3) is 0 Å². The predicted molar refractivity (Wildman–Crippen MR) is 98.4 cm³/mol. The van der Waals surface area contributed by atoms with Crippen LogP contribution >= 0.6 is 0 Å².